The zero-order valence-electron chi connectivity index (χ0n) is 9.89. The smallest absolute Gasteiger partial charge is 0.155 e. The lowest BCUT2D eigenvalue weighted by molar-refractivity contribution is 1.16. The minimum Gasteiger partial charge on any atom is -0.398 e. The Morgan fingerprint density at radius 1 is 1.17 bits per heavy atom. The van der Waals surface area contributed by atoms with Crippen molar-refractivity contribution in [2.24, 2.45) is 0 Å². The molecule has 1 aromatic carbocycles. The standard InChI is InChI=1S/C14H12ClN3/c1-9-4-2-3-5-11(9)14-17-13(15)12-7-6-10(16)8-18(12)14/h2-8H,16H2,1H3. The normalized spacial score (nSPS) is 11.0. The Hall–Kier alpha value is -2.00. The maximum Gasteiger partial charge on any atom is 0.155 e. The molecule has 2 heterocycles. The summed E-state index contributed by atoms with van der Waals surface area (Å²) in [6.45, 7) is 2.05. The van der Waals surface area contributed by atoms with Crippen LogP contribution in [0.4, 0.5) is 5.69 Å². The minimum atomic E-state index is 0.494. The van der Waals surface area contributed by atoms with Crippen molar-refractivity contribution in [2.75, 3.05) is 5.73 Å². The van der Waals surface area contributed by atoms with E-state index in [4.69, 9.17) is 17.3 Å². The summed E-state index contributed by atoms with van der Waals surface area (Å²) in [5, 5.41) is 0.494. The molecule has 4 heteroatoms. The van der Waals surface area contributed by atoms with Gasteiger partial charge in [0.2, 0.25) is 0 Å². The topological polar surface area (TPSA) is 43.3 Å². The molecule has 2 N–H and O–H groups in total. The molecule has 0 spiro atoms. The van der Waals surface area contributed by atoms with Gasteiger partial charge >= 0.3 is 0 Å². The zero-order valence-corrected chi connectivity index (χ0v) is 10.6. The van der Waals surface area contributed by atoms with Gasteiger partial charge in [-0.2, -0.15) is 0 Å². The van der Waals surface area contributed by atoms with Gasteiger partial charge in [-0.15, -0.1) is 0 Å². The molecule has 0 saturated carbocycles. The van der Waals surface area contributed by atoms with Crippen LogP contribution in [0.15, 0.2) is 42.6 Å². The number of rotatable bonds is 1. The number of pyridine rings is 1. The lowest BCUT2D eigenvalue weighted by Crippen LogP contribution is -1.94. The number of halogens is 1. The van der Waals surface area contributed by atoms with Crippen LogP contribution in [-0.2, 0) is 0 Å². The number of benzene rings is 1. The Labute approximate surface area is 110 Å². The second-order valence-electron chi connectivity index (χ2n) is 4.26. The number of nitrogen functional groups attached to an aromatic ring is 1. The largest absolute Gasteiger partial charge is 0.398 e. The number of fused-ring (bicyclic) bond motifs is 1. The number of nitrogens with two attached hydrogens (primary N) is 1. The molecule has 0 radical (unpaired) electrons. The molecule has 2 aromatic heterocycles. The molecule has 3 aromatic rings. The van der Waals surface area contributed by atoms with E-state index in [2.05, 4.69) is 18.0 Å². The molecule has 0 fully saturated rings. The first-order valence-corrected chi connectivity index (χ1v) is 6.03. The Morgan fingerprint density at radius 2 is 1.94 bits per heavy atom. The molecule has 0 aliphatic heterocycles. The maximum absolute atomic E-state index is 6.16. The highest BCUT2D eigenvalue weighted by atomic mass is 35.5. The number of aryl methyl sites for hydroxylation is 1. The highest BCUT2D eigenvalue weighted by molar-refractivity contribution is 6.32. The van der Waals surface area contributed by atoms with E-state index < -0.39 is 0 Å². The third-order valence-electron chi connectivity index (χ3n) is 3.00. The summed E-state index contributed by atoms with van der Waals surface area (Å²) in [4.78, 5) is 4.43. The van der Waals surface area contributed by atoms with Crippen LogP contribution in [0.1, 0.15) is 5.56 Å². The van der Waals surface area contributed by atoms with Crippen LogP contribution in [-0.4, -0.2) is 9.38 Å². The van der Waals surface area contributed by atoms with Gasteiger partial charge in [0.05, 0.1) is 5.52 Å². The van der Waals surface area contributed by atoms with E-state index in [0.717, 1.165) is 22.5 Å². The van der Waals surface area contributed by atoms with Gasteiger partial charge in [-0.3, -0.25) is 4.40 Å². The SMILES string of the molecule is Cc1ccccc1-c1nc(Cl)c2ccc(N)cn12. The summed E-state index contributed by atoms with van der Waals surface area (Å²) >= 11 is 6.16. The monoisotopic (exact) mass is 257 g/mol. The van der Waals surface area contributed by atoms with Gasteiger partial charge in [0.25, 0.3) is 0 Å². The Morgan fingerprint density at radius 3 is 2.72 bits per heavy atom. The highest BCUT2D eigenvalue weighted by Crippen LogP contribution is 2.28. The van der Waals surface area contributed by atoms with Gasteiger partial charge in [0, 0.05) is 17.4 Å². The van der Waals surface area contributed by atoms with Crippen LogP contribution in [0.2, 0.25) is 5.15 Å². The van der Waals surface area contributed by atoms with Crippen LogP contribution in [0, 0.1) is 6.92 Å². The number of imidazole rings is 1. The van der Waals surface area contributed by atoms with Crippen LogP contribution < -0.4 is 5.73 Å². The molecule has 0 unspecified atom stereocenters. The van der Waals surface area contributed by atoms with Crippen molar-refractivity contribution < 1.29 is 0 Å². The van der Waals surface area contributed by atoms with Crippen molar-refractivity contribution in [3.63, 3.8) is 0 Å². The van der Waals surface area contributed by atoms with Crippen LogP contribution in [0.5, 0.6) is 0 Å². The van der Waals surface area contributed by atoms with Crippen molar-refractivity contribution >= 4 is 22.8 Å². The first kappa shape index (κ1) is 11.1. The summed E-state index contributed by atoms with van der Waals surface area (Å²) in [5.41, 5.74) is 9.59. The predicted molar refractivity (Wildman–Crippen MR) is 74.8 cm³/mol. The summed E-state index contributed by atoms with van der Waals surface area (Å²) in [6, 6.07) is 11.8. The predicted octanol–water partition coefficient (Wildman–Crippen LogP) is 3.55. The molecule has 0 bridgehead atoms. The minimum absolute atomic E-state index is 0.494. The second-order valence-corrected chi connectivity index (χ2v) is 4.62. The highest BCUT2D eigenvalue weighted by Gasteiger charge is 2.12. The van der Waals surface area contributed by atoms with Crippen LogP contribution in [0.25, 0.3) is 16.9 Å². The molecule has 3 rings (SSSR count). The average Bonchev–Trinajstić information content (AvgIpc) is 2.67. The van der Waals surface area contributed by atoms with Gasteiger partial charge in [0.1, 0.15) is 5.82 Å². The third-order valence-corrected chi connectivity index (χ3v) is 3.28. The lowest BCUT2D eigenvalue weighted by Gasteiger charge is -2.05. The van der Waals surface area contributed by atoms with Crippen molar-refractivity contribution in [1.82, 2.24) is 9.38 Å². The van der Waals surface area contributed by atoms with Crippen molar-refractivity contribution in [2.45, 2.75) is 6.92 Å². The van der Waals surface area contributed by atoms with Crippen LogP contribution in [0.3, 0.4) is 0 Å². The zero-order chi connectivity index (χ0) is 12.7. The van der Waals surface area contributed by atoms with E-state index in [0.29, 0.717) is 10.8 Å². The Kier molecular flexibility index (Phi) is 2.49. The lowest BCUT2D eigenvalue weighted by atomic mass is 10.1. The second kappa shape index (κ2) is 4.03. The van der Waals surface area contributed by atoms with E-state index in [9.17, 15) is 0 Å². The van der Waals surface area contributed by atoms with Gasteiger partial charge in [-0.1, -0.05) is 35.9 Å². The van der Waals surface area contributed by atoms with Crippen LogP contribution >= 0.6 is 11.6 Å². The molecule has 18 heavy (non-hydrogen) atoms. The number of nitrogens with zero attached hydrogens (tertiary/aromatic N) is 2. The molecule has 3 nitrogen and oxygen atoms in total. The number of anilines is 1. The summed E-state index contributed by atoms with van der Waals surface area (Å²) in [5.74, 6) is 0.820. The fourth-order valence-electron chi connectivity index (χ4n) is 2.08. The Bertz CT molecular complexity index is 731. The summed E-state index contributed by atoms with van der Waals surface area (Å²) in [6.07, 6.45) is 1.84. The first-order valence-electron chi connectivity index (χ1n) is 5.66. The van der Waals surface area contributed by atoms with Gasteiger partial charge in [0.15, 0.2) is 5.15 Å². The van der Waals surface area contributed by atoms with Gasteiger partial charge in [-0.25, -0.2) is 4.98 Å². The molecule has 90 valence electrons. The molecule has 0 saturated heterocycles. The van der Waals surface area contributed by atoms with E-state index in [1.54, 1.807) is 0 Å². The maximum atomic E-state index is 6.16. The first-order chi connectivity index (χ1) is 8.66. The fourth-order valence-corrected chi connectivity index (χ4v) is 2.31. The summed E-state index contributed by atoms with van der Waals surface area (Å²) in [7, 11) is 0. The molecule has 0 amide bonds. The molecule has 0 aliphatic carbocycles. The number of aromatic nitrogens is 2. The van der Waals surface area contributed by atoms with Crippen molar-refractivity contribution in [3.8, 4) is 11.4 Å². The fraction of sp³-hybridized carbons (Fsp3) is 0.0714. The van der Waals surface area contributed by atoms with E-state index >= 15 is 0 Å². The van der Waals surface area contributed by atoms with Crippen molar-refractivity contribution in [3.05, 3.63) is 53.3 Å². The molecule has 0 aliphatic rings. The molecule has 0 atom stereocenters. The molecular weight excluding hydrogens is 246 g/mol. The van der Waals surface area contributed by atoms with E-state index in [-0.39, 0.29) is 0 Å². The quantitative estimate of drug-likeness (QED) is 0.725. The van der Waals surface area contributed by atoms with Gasteiger partial charge < -0.3 is 5.73 Å². The van der Waals surface area contributed by atoms with E-state index in [1.165, 1.54) is 0 Å². The van der Waals surface area contributed by atoms with Gasteiger partial charge in [-0.05, 0) is 24.6 Å². The number of hydrogen-bond donors (Lipinski definition) is 1. The van der Waals surface area contributed by atoms with E-state index in [1.807, 2.05) is 40.9 Å². The van der Waals surface area contributed by atoms with Crippen molar-refractivity contribution in [1.29, 1.82) is 0 Å². The summed E-state index contributed by atoms with van der Waals surface area (Å²) < 4.78 is 1.93. The Balaban J connectivity index is 2.36. The average molecular weight is 258 g/mol. The number of hydrogen-bond acceptors (Lipinski definition) is 2. The third kappa shape index (κ3) is 1.64. The molecular formula is C14H12ClN3.